The average Bonchev–Trinajstić information content (AvgIpc) is 3.20. The normalized spacial score (nSPS) is 14.0. The van der Waals surface area contributed by atoms with Crippen LogP contribution >= 0.6 is 0 Å². The molecule has 0 N–H and O–H groups in total. The Morgan fingerprint density at radius 3 is 2.58 bits per heavy atom. The summed E-state index contributed by atoms with van der Waals surface area (Å²) in [7, 11) is 0. The second kappa shape index (κ2) is 5.42. The molecular weight excluding hydrogens is 326 g/mol. The average molecular weight is 345 g/mol. The highest BCUT2D eigenvalue weighted by molar-refractivity contribution is 6.09. The summed E-state index contributed by atoms with van der Waals surface area (Å²) >= 11 is 0. The van der Waals surface area contributed by atoms with Gasteiger partial charge >= 0.3 is 0 Å². The van der Waals surface area contributed by atoms with Gasteiger partial charge in [-0.15, -0.1) is 0 Å². The van der Waals surface area contributed by atoms with E-state index in [1.165, 1.54) is 0 Å². The maximum Gasteiger partial charge on any atom is 0.227 e. The molecule has 0 atom stereocenters. The van der Waals surface area contributed by atoms with Crippen LogP contribution in [-0.4, -0.2) is 27.7 Å². The molecule has 6 heteroatoms. The number of rotatable bonds is 2. The minimum Gasteiger partial charge on any atom is -0.435 e. The fraction of sp³-hybridized carbons (Fsp3) is 0.250. The van der Waals surface area contributed by atoms with Gasteiger partial charge in [-0.3, -0.25) is 0 Å². The van der Waals surface area contributed by atoms with Crippen LogP contribution in [0.1, 0.15) is 19.4 Å². The highest BCUT2D eigenvalue weighted by Crippen LogP contribution is 2.44. The molecule has 0 saturated carbocycles. The molecule has 26 heavy (non-hydrogen) atoms. The van der Waals surface area contributed by atoms with Crippen LogP contribution in [0.5, 0.6) is 0 Å². The van der Waals surface area contributed by atoms with Crippen molar-refractivity contribution in [3.63, 3.8) is 0 Å². The first-order valence-electron chi connectivity index (χ1n) is 8.77. The lowest BCUT2D eigenvalue weighted by Crippen LogP contribution is -2.34. The van der Waals surface area contributed by atoms with E-state index in [1.807, 2.05) is 12.1 Å². The number of hydrogen-bond donors (Lipinski definition) is 0. The summed E-state index contributed by atoms with van der Waals surface area (Å²) in [4.78, 5) is 18.0. The van der Waals surface area contributed by atoms with Crippen molar-refractivity contribution in [2.24, 2.45) is 0 Å². The van der Waals surface area contributed by atoms with Gasteiger partial charge in [0.15, 0.2) is 17.2 Å². The fourth-order valence-electron chi connectivity index (χ4n) is 3.68. The van der Waals surface area contributed by atoms with Crippen molar-refractivity contribution in [2.45, 2.75) is 26.8 Å². The summed E-state index contributed by atoms with van der Waals surface area (Å²) in [5.74, 6) is 1.78. The van der Waals surface area contributed by atoms with Crippen molar-refractivity contribution in [3.05, 3.63) is 48.4 Å². The standard InChI is InChI=1S/C20H19N5O/c1-12(2)24-11-25(19-18(24)21-9-10-22-19)16-13(3)6-7-14-15-5-4-8-23-20(15)26-17(14)16/h4-10,12H,11H2,1-3H3. The maximum atomic E-state index is 6.17. The van der Waals surface area contributed by atoms with Gasteiger partial charge in [0, 0.05) is 35.4 Å². The van der Waals surface area contributed by atoms with Crippen molar-refractivity contribution < 1.29 is 4.42 Å². The van der Waals surface area contributed by atoms with E-state index >= 15 is 0 Å². The van der Waals surface area contributed by atoms with Crippen LogP contribution in [0.25, 0.3) is 22.1 Å². The van der Waals surface area contributed by atoms with Crippen LogP contribution < -0.4 is 9.80 Å². The van der Waals surface area contributed by atoms with Gasteiger partial charge in [0.05, 0.1) is 12.4 Å². The van der Waals surface area contributed by atoms with E-state index in [0.717, 1.165) is 39.2 Å². The first-order chi connectivity index (χ1) is 12.6. The van der Waals surface area contributed by atoms with Crippen molar-refractivity contribution in [1.82, 2.24) is 15.0 Å². The van der Waals surface area contributed by atoms with Crippen LogP contribution in [0.3, 0.4) is 0 Å². The second-order valence-corrected chi connectivity index (χ2v) is 6.90. The monoisotopic (exact) mass is 345 g/mol. The maximum absolute atomic E-state index is 6.17. The third-order valence-corrected chi connectivity index (χ3v) is 4.97. The zero-order valence-electron chi connectivity index (χ0n) is 15.0. The molecule has 0 unspecified atom stereocenters. The Morgan fingerprint density at radius 2 is 1.77 bits per heavy atom. The minimum absolute atomic E-state index is 0.326. The molecule has 0 aliphatic carbocycles. The number of nitrogens with zero attached hydrogens (tertiary/aromatic N) is 5. The molecule has 130 valence electrons. The summed E-state index contributed by atoms with van der Waals surface area (Å²) in [6, 6.07) is 8.55. The molecular formula is C20H19N5O. The molecule has 0 fully saturated rings. The zero-order valence-corrected chi connectivity index (χ0v) is 15.0. The third-order valence-electron chi connectivity index (χ3n) is 4.97. The van der Waals surface area contributed by atoms with E-state index in [4.69, 9.17) is 4.42 Å². The lowest BCUT2D eigenvalue weighted by Gasteiger charge is -2.24. The molecule has 1 aliphatic rings. The number of benzene rings is 1. The van der Waals surface area contributed by atoms with Crippen molar-refractivity contribution >= 4 is 39.4 Å². The van der Waals surface area contributed by atoms with Gasteiger partial charge in [-0.2, -0.15) is 0 Å². The first kappa shape index (κ1) is 15.1. The van der Waals surface area contributed by atoms with Gasteiger partial charge in [-0.25, -0.2) is 15.0 Å². The van der Waals surface area contributed by atoms with E-state index in [2.05, 4.69) is 57.7 Å². The molecule has 0 radical (unpaired) electrons. The van der Waals surface area contributed by atoms with Crippen molar-refractivity contribution in [3.8, 4) is 0 Å². The van der Waals surface area contributed by atoms with Gasteiger partial charge in [0.2, 0.25) is 5.71 Å². The largest absolute Gasteiger partial charge is 0.435 e. The van der Waals surface area contributed by atoms with Gasteiger partial charge in [0.25, 0.3) is 0 Å². The second-order valence-electron chi connectivity index (χ2n) is 6.90. The summed E-state index contributed by atoms with van der Waals surface area (Å²) < 4.78 is 6.17. The molecule has 3 aromatic heterocycles. The lowest BCUT2D eigenvalue weighted by atomic mass is 10.1. The Kier molecular flexibility index (Phi) is 3.16. The number of aryl methyl sites for hydroxylation is 1. The fourth-order valence-corrected chi connectivity index (χ4v) is 3.68. The summed E-state index contributed by atoms with van der Waals surface area (Å²) in [6.07, 6.45) is 5.25. The number of furan rings is 1. The first-order valence-corrected chi connectivity index (χ1v) is 8.77. The number of hydrogen-bond acceptors (Lipinski definition) is 6. The summed E-state index contributed by atoms with van der Waals surface area (Å²) in [5.41, 5.74) is 3.68. The Morgan fingerprint density at radius 1 is 0.962 bits per heavy atom. The molecule has 0 amide bonds. The summed E-state index contributed by atoms with van der Waals surface area (Å²) in [5, 5.41) is 2.10. The van der Waals surface area contributed by atoms with E-state index in [-0.39, 0.29) is 0 Å². The van der Waals surface area contributed by atoms with E-state index in [1.54, 1.807) is 18.6 Å². The Labute approximate surface area is 151 Å². The Balaban J connectivity index is 1.78. The molecule has 5 rings (SSSR count). The van der Waals surface area contributed by atoms with Crippen LogP contribution in [0.15, 0.2) is 47.3 Å². The molecule has 4 aromatic rings. The Hall–Kier alpha value is -3.15. The number of pyridine rings is 1. The highest BCUT2D eigenvalue weighted by Gasteiger charge is 2.33. The number of aromatic nitrogens is 3. The number of anilines is 3. The highest BCUT2D eigenvalue weighted by atomic mass is 16.3. The van der Waals surface area contributed by atoms with E-state index < -0.39 is 0 Å². The van der Waals surface area contributed by atoms with Crippen LogP contribution in [0, 0.1) is 6.92 Å². The van der Waals surface area contributed by atoms with Crippen molar-refractivity contribution in [2.75, 3.05) is 16.5 Å². The lowest BCUT2D eigenvalue weighted by molar-refractivity contribution is 0.650. The predicted octanol–water partition coefficient (Wildman–Crippen LogP) is 4.40. The van der Waals surface area contributed by atoms with Crippen LogP contribution in [0.4, 0.5) is 17.3 Å². The smallest absolute Gasteiger partial charge is 0.227 e. The predicted molar refractivity (Wildman–Crippen MR) is 103 cm³/mol. The van der Waals surface area contributed by atoms with Crippen molar-refractivity contribution in [1.29, 1.82) is 0 Å². The van der Waals surface area contributed by atoms with Crippen LogP contribution in [-0.2, 0) is 0 Å². The molecule has 0 spiro atoms. The van der Waals surface area contributed by atoms with Crippen LogP contribution in [0.2, 0.25) is 0 Å². The molecule has 1 aliphatic heterocycles. The SMILES string of the molecule is Cc1ccc2c(oc3ncccc32)c1N1CN(C(C)C)c2nccnc21. The topological polar surface area (TPSA) is 58.3 Å². The van der Waals surface area contributed by atoms with E-state index in [0.29, 0.717) is 18.4 Å². The Bertz CT molecular complexity index is 1130. The molecule has 0 bridgehead atoms. The zero-order chi connectivity index (χ0) is 17.8. The van der Waals surface area contributed by atoms with Gasteiger partial charge in [-0.05, 0) is 38.5 Å². The number of fused-ring (bicyclic) bond motifs is 4. The summed E-state index contributed by atoms with van der Waals surface area (Å²) in [6.45, 7) is 7.13. The van der Waals surface area contributed by atoms with Gasteiger partial charge in [-0.1, -0.05) is 12.1 Å². The van der Waals surface area contributed by atoms with Gasteiger partial charge in [0.1, 0.15) is 0 Å². The van der Waals surface area contributed by atoms with E-state index in [9.17, 15) is 0 Å². The minimum atomic E-state index is 0.326. The molecule has 6 nitrogen and oxygen atoms in total. The molecule has 1 aromatic carbocycles. The molecule has 0 saturated heterocycles. The quantitative estimate of drug-likeness (QED) is 0.536. The molecule has 4 heterocycles. The third kappa shape index (κ3) is 2.02. The van der Waals surface area contributed by atoms with Gasteiger partial charge < -0.3 is 14.2 Å².